The largest absolute Gasteiger partial charge is 0.348 e. The van der Waals surface area contributed by atoms with E-state index in [0.717, 1.165) is 8.04 Å². The molecule has 1 unspecified atom stereocenters. The molecule has 0 radical (unpaired) electrons. The highest BCUT2D eigenvalue weighted by Crippen LogP contribution is 2.19. The highest BCUT2D eigenvalue weighted by Gasteiger charge is 2.17. The lowest BCUT2D eigenvalue weighted by molar-refractivity contribution is 0.0930. The summed E-state index contributed by atoms with van der Waals surface area (Å²) >= 11 is 11.4. The molecule has 1 atom stereocenters. The first-order valence-corrected chi connectivity index (χ1v) is 7.68. The van der Waals surface area contributed by atoms with Crippen molar-refractivity contribution in [1.29, 1.82) is 0 Å². The number of nitrogens with one attached hydrogen (secondary N) is 1. The second-order valence-corrected chi connectivity index (χ2v) is 6.49. The average molecular weight is 431 g/mol. The first-order chi connectivity index (χ1) is 7.95. The highest BCUT2D eigenvalue weighted by atomic mass is 127. The molecule has 1 aromatic rings. The fraction of sp³-hybridized carbons (Fsp3) is 0.417. The topological polar surface area (TPSA) is 29.1 Å². The van der Waals surface area contributed by atoms with Crippen LogP contribution in [-0.4, -0.2) is 17.8 Å². The molecular weight excluding hydrogens is 416 g/mol. The van der Waals surface area contributed by atoms with Crippen molar-refractivity contribution < 1.29 is 4.79 Å². The summed E-state index contributed by atoms with van der Waals surface area (Å²) < 4.78 is 1.83. The maximum absolute atomic E-state index is 12.1. The van der Waals surface area contributed by atoms with E-state index in [4.69, 9.17) is 11.6 Å². The van der Waals surface area contributed by atoms with E-state index in [9.17, 15) is 4.79 Å². The zero-order valence-corrected chi connectivity index (χ0v) is 14.1. The average Bonchev–Trinajstić information content (AvgIpc) is 2.28. The van der Waals surface area contributed by atoms with Crippen LogP contribution in [0.4, 0.5) is 0 Å². The van der Waals surface area contributed by atoms with Gasteiger partial charge in [-0.2, -0.15) is 0 Å². The van der Waals surface area contributed by atoms with Gasteiger partial charge in [-0.25, -0.2) is 0 Å². The Morgan fingerprint density at radius 1 is 1.53 bits per heavy atom. The van der Waals surface area contributed by atoms with E-state index >= 15 is 0 Å². The standard InChI is InChI=1S/C12H14BrClINO/c1-7(2)11(6-14)16-12(17)9-5-8(13)3-4-10(9)15/h3-5,7,11H,6H2,1-2H3,(H,16,17). The molecule has 0 saturated heterocycles. The Labute approximate surface area is 129 Å². The van der Waals surface area contributed by atoms with Gasteiger partial charge in [0.2, 0.25) is 0 Å². The molecular formula is C12H14BrClINO. The van der Waals surface area contributed by atoms with E-state index in [1.807, 2.05) is 32.0 Å². The first-order valence-electron chi connectivity index (χ1n) is 5.27. The van der Waals surface area contributed by atoms with Gasteiger partial charge in [0.25, 0.3) is 5.91 Å². The van der Waals surface area contributed by atoms with E-state index in [0.29, 0.717) is 17.4 Å². The molecule has 0 aromatic heterocycles. The van der Waals surface area contributed by atoms with E-state index in [-0.39, 0.29) is 11.9 Å². The third-order valence-corrected chi connectivity index (χ3v) is 4.23. The van der Waals surface area contributed by atoms with Crippen LogP contribution < -0.4 is 5.32 Å². The van der Waals surface area contributed by atoms with Crippen LogP contribution in [0.15, 0.2) is 22.7 Å². The Kier molecular flexibility index (Phi) is 6.23. The van der Waals surface area contributed by atoms with Gasteiger partial charge in [0, 0.05) is 20.0 Å². The Balaban J connectivity index is 2.86. The molecule has 94 valence electrons. The van der Waals surface area contributed by atoms with Crippen molar-refractivity contribution in [2.75, 3.05) is 5.88 Å². The summed E-state index contributed by atoms with van der Waals surface area (Å²) in [5.74, 6) is 0.671. The number of carbonyl (C=O) groups excluding carboxylic acids is 1. The molecule has 0 heterocycles. The molecule has 0 bridgehead atoms. The minimum atomic E-state index is -0.0740. The molecule has 1 aromatic carbocycles. The number of hydrogen-bond acceptors (Lipinski definition) is 1. The third-order valence-electron chi connectivity index (χ3n) is 2.46. The van der Waals surface area contributed by atoms with Crippen molar-refractivity contribution in [1.82, 2.24) is 5.32 Å². The number of hydrogen-bond donors (Lipinski definition) is 1. The quantitative estimate of drug-likeness (QED) is 0.567. The Hall–Kier alpha value is 0.190. The molecule has 1 rings (SSSR count). The smallest absolute Gasteiger partial charge is 0.252 e. The van der Waals surface area contributed by atoms with Crippen LogP contribution >= 0.6 is 50.1 Å². The minimum Gasteiger partial charge on any atom is -0.348 e. The van der Waals surface area contributed by atoms with Gasteiger partial charge in [-0.05, 0) is 46.7 Å². The van der Waals surface area contributed by atoms with E-state index in [1.54, 1.807) is 0 Å². The van der Waals surface area contributed by atoms with Gasteiger partial charge in [-0.1, -0.05) is 29.8 Å². The van der Waals surface area contributed by atoms with Crippen molar-refractivity contribution in [3.8, 4) is 0 Å². The molecule has 2 nitrogen and oxygen atoms in total. The Morgan fingerprint density at radius 2 is 2.18 bits per heavy atom. The fourth-order valence-corrected chi connectivity index (χ4v) is 2.68. The van der Waals surface area contributed by atoms with Crippen LogP contribution in [0.2, 0.25) is 0 Å². The monoisotopic (exact) mass is 429 g/mol. The van der Waals surface area contributed by atoms with Crippen LogP contribution in [0.25, 0.3) is 0 Å². The van der Waals surface area contributed by atoms with Gasteiger partial charge < -0.3 is 5.32 Å². The molecule has 0 saturated carbocycles. The van der Waals surface area contributed by atoms with Gasteiger partial charge in [-0.3, -0.25) is 4.79 Å². The Bertz CT molecular complexity index is 411. The van der Waals surface area contributed by atoms with Gasteiger partial charge in [-0.15, -0.1) is 11.6 Å². The van der Waals surface area contributed by atoms with E-state index < -0.39 is 0 Å². The highest BCUT2D eigenvalue weighted by molar-refractivity contribution is 14.1. The molecule has 0 aliphatic heterocycles. The zero-order valence-electron chi connectivity index (χ0n) is 9.64. The molecule has 0 aliphatic rings. The number of alkyl halides is 1. The number of carbonyl (C=O) groups is 1. The molecule has 0 fully saturated rings. The Morgan fingerprint density at radius 3 is 2.71 bits per heavy atom. The maximum atomic E-state index is 12.1. The first kappa shape index (κ1) is 15.2. The van der Waals surface area contributed by atoms with Crippen molar-refractivity contribution >= 4 is 56.0 Å². The number of halogens is 3. The van der Waals surface area contributed by atoms with Crippen molar-refractivity contribution in [2.24, 2.45) is 5.92 Å². The predicted octanol–water partition coefficient (Wildman–Crippen LogP) is 4.05. The van der Waals surface area contributed by atoms with Gasteiger partial charge in [0.05, 0.1) is 5.56 Å². The van der Waals surface area contributed by atoms with Gasteiger partial charge in [0.1, 0.15) is 0 Å². The number of rotatable bonds is 4. The number of amides is 1. The fourth-order valence-electron chi connectivity index (χ4n) is 1.30. The third kappa shape index (κ3) is 4.41. The summed E-state index contributed by atoms with van der Waals surface area (Å²) in [4.78, 5) is 12.1. The summed E-state index contributed by atoms with van der Waals surface area (Å²) in [6, 6.07) is 5.65. The van der Waals surface area contributed by atoms with Gasteiger partial charge >= 0.3 is 0 Å². The lowest BCUT2D eigenvalue weighted by atomic mass is 10.1. The van der Waals surface area contributed by atoms with Crippen LogP contribution in [0.3, 0.4) is 0 Å². The molecule has 1 amide bonds. The van der Waals surface area contributed by atoms with E-state index in [2.05, 4.69) is 43.8 Å². The molecule has 0 aliphatic carbocycles. The van der Waals surface area contributed by atoms with Crippen molar-refractivity contribution in [3.63, 3.8) is 0 Å². The van der Waals surface area contributed by atoms with Crippen LogP contribution in [-0.2, 0) is 0 Å². The zero-order chi connectivity index (χ0) is 13.0. The molecule has 5 heteroatoms. The normalized spacial score (nSPS) is 12.6. The summed E-state index contributed by atoms with van der Waals surface area (Å²) in [5.41, 5.74) is 0.677. The van der Waals surface area contributed by atoms with E-state index in [1.165, 1.54) is 0 Å². The summed E-state index contributed by atoms with van der Waals surface area (Å²) in [5, 5.41) is 2.95. The predicted molar refractivity (Wildman–Crippen MR) is 83.7 cm³/mol. The van der Waals surface area contributed by atoms with Gasteiger partial charge in [0.15, 0.2) is 0 Å². The lowest BCUT2D eigenvalue weighted by Gasteiger charge is -2.20. The minimum absolute atomic E-state index is 0.000974. The van der Waals surface area contributed by atoms with Crippen LogP contribution in [0.1, 0.15) is 24.2 Å². The summed E-state index contributed by atoms with van der Waals surface area (Å²) in [6.07, 6.45) is 0. The lowest BCUT2D eigenvalue weighted by Crippen LogP contribution is -2.40. The van der Waals surface area contributed by atoms with Crippen LogP contribution in [0.5, 0.6) is 0 Å². The summed E-state index contributed by atoms with van der Waals surface area (Å²) in [6.45, 7) is 4.08. The molecule has 0 spiro atoms. The summed E-state index contributed by atoms with van der Waals surface area (Å²) in [7, 11) is 0. The second kappa shape index (κ2) is 6.95. The van der Waals surface area contributed by atoms with Crippen LogP contribution in [0, 0.1) is 9.49 Å². The molecule has 17 heavy (non-hydrogen) atoms. The van der Waals surface area contributed by atoms with Crippen molar-refractivity contribution in [3.05, 3.63) is 31.8 Å². The maximum Gasteiger partial charge on any atom is 0.252 e. The SMILES string of the molecule is CC(C)C(CCl)NC(=O)c1cc(Br)ccc1I. The molecule has 1 N–H and O–H groups in total. The van der Waals surface area contributed by atoms with Crippen molar-refractivity contribution in [2.45, 2.75) is 19.9 Å². The number of benzene rings is 1. The second-order valence-electron chi connectivity index (χ2n) is 4.10.